The second kappa shape index (κ2) is 11.3. The van der Waals surface area contributed by atoms with E-state index < -0.39 is 52.4 Å². The average molecular weight is 487 g/mol. The predicted molar refractivity (Wildman–Crippen MR) is 115 cm³/mol. The van der Waals surface area contributed by atoms with Gasteiger partial charge in [0, 0.05) is 6.20 Å². The zero-order valence-corrected chi connectivity index (χ0v) is 18.4. The van der Waals surface area contributed by atoms with E-state index in [0.717, 1.165) is 10.1 Å². The first-order valence-corrected chi connectivity index (χ1v) is 11.5. The molecule has 0 spiro atoms. The van der Waals surface area contributed by atoms with Gasteiger partial charge in [-0.2, -0.15) is 13.4 Å². The van der Waals surface area contributed by atoms with E-state index in [0.29, 0.717) is 12.7 Å². The minimum atomic E-state index is -3.67. The van der Waals surface area contributed by atoms with E-state index in [9.17, 15) is 28.2 Å². The van der Waals surface area contributed by atoms with Crippen molar-refractivity contribution in [2.24, 2.45) is 5.73 Å². The number of nitrogens with two attached hydrogens (primary N) is 2. The third-order valence-corrected chi connectivity index (χ3v) is 4.45. The number of nitrogens with zero attached hydrogens (tertiary/aromatic N) is 2. The van der Waals surface area contributed by atoms with Crippen molar-refractivity contribution < 1.29 is 37.5 Å². The summed E-state index contributed by atoms with van der Waals surface area (Å²) in [5, 5.41) is 20.3. The highest BCUT2D eigenvalue weighted by Crippen LogP contribution is 2.28. The van der Waals surface area contributed by atoms with E-state index in [2.05, 4.69) is 4.98 Å². The molecule has 2 heterocycles. The maximum atomic E-state index is 12.1. The molecule has 0 unspecified atom stereocenters. The van der Waals surface area contributed by atoms with Crippen LogP contribution in [0.1, 0.15) is 11.8 Å². The fourth-order valence-corrected chi connectivity index (χ4v) is 2.94. The number of carbonyl (C=O) groups is 1. The maximum Gasteiger partial charge on any atom is 0.351 e. The standard InChI is InChI=1S/C18H22N4O6.CH4O3S/c19-11(8-10-4-2-1-3-5-10)17(25)27-9-12-14(23)15(24)16(28-12)22-7-6-13(20)21-18(22)26;1-5(2,3)4/h1-7,11-12,14-16,23-24H,8-9,19H2,(H2,20,21,26);1H3,(H,2,3,4)/t11-,12-,14-,15+,16-;/m1./s1. The first-order valence-electron chi connectivity index (χ1n) is 9.61. The Morgan fingerprint density at radius 1 is 1.24 bits per heavy atom. The highest BCUT2D eigenvalue weighted by Gasteiger charge is 2.44. The van der Waals surface area contributed by atoms with Gasteiger partial charge in [-0.25, -0.2) is 4.79 Å². The molecule has 0 bridgehead atoms. The molecule has 14 heteroatoms. The van der Waals surface area contributed by atoms with Crippen molar-refractivity contribution in [3.05, 3.63) is 58.6 Å². The lowest BCUT2D eigenvalue weighted by molar-refractivity contribution is -0.151. The number of anilines is 1. The maximum absolute atomic E-state index is 12.1. The van der Waals surface area contributed by atoms with Gasteiger partial charge in [-0.05, 0) is 18.1 Å². The smallest absolute Gasteiger partial charge is 0.351 e. The van der Waals surface area contributed by atoms with Crippen LogP contribution in [0.5, 0.6) is 0 Å². The molecule has 1 aromatic carbocycles. The summed E-state index contributed by atoms with van der Waals surface area (Å²) in [5.41, 5.74) is 11.4. The van der Waals surface area contributed by atoms with Crippen molar-refractivity contribution in [3.8, 4) is 0 Å². The number of aliphatic hydroxyl groups is 2. The Morgan fingerprint density at radius 2 is 1.85 bits per heavy atom. The van der Waals surface area contributed by atoms with E-state index in [1.165, 1.54) is 12.3 Å². The van der Waals surface area contributed by atoms with Crippen LogP contribution in [-0.2, 0) is 30.8 Å². The van der Waals surface area contributed by atoms with Crippen LogP contribution in [-0.4, -0.2) is 75.9 Å². The molecule has 7 N–H and O–H groups in total. The minimum absolute atomic E-state index is 0.0205. The van der Waals surface area contributed by atoms with Gasteiger partial charge in [0.05, 0.1) is 6.26 Å². The van der Waals surface area contributed by atoms with E-state index in [4.69, 9.17) is 25.5 Å². The SMILES string of the molecule is CS(=O)(=O)O.Nc1ccn([C@@H]2O[C@H](COC(=O)[C@H](N)Cc3ccccc3)[C@@H](O)[C@@H]2O)c(=O)n1. The summed E-state index contributed by atoms with van der Waals surface area (Å²) in [4.78, 5) is 27.6. The molecule has 5 atom stereocenters. The first-order chi connectivity index (χ1) is 15.4. The topological polar surface area (TPSA) is 217 Å². The predicted octanol–water partition coefficient (Wildman–Crippen LogP) is -1.94. The zero-order valence-electron chi connectivity index (χ0n) is 17.6. The van der Waals surface area contributed by atoms with Crippen LogP contribution in [0.4, 0.5) is 5.82 Å². The van der Waals surface area contributed by atoms with Crippen LogP contribution in [0.15, 0.2) is 47.4 Å². The lowest BCUT2D eigenvalue weighted by atomic mass is 10.1. The van der Waals surface area contributed by atoms with Gasteiger partial charge in [-0.1, -0.05) is 30.3 Å². The molecule has 3 rings (SSSR count). The van der Waals surface area contributed by atoms with Gasteiger partial charge in [-0.15, -0.1) is 0 Å². The van der Waals surface area contributed by atoms with Gasteiger partial charge in [0.2, 0.25) is 0 Å². The molecular weight excluding hydrogens is 460 g/mol. The molecule has 0 saturated carbocycles. The number of aliphatic hydroxyl groups excluding tert-OH is 2. The second-order valence-corrected chi connectivity index (χ2v) is 8.71. The van der Waals surface area contributed by atoms with Gasteiger partial charge in [0.15, 0.2) is 6.23 Å². The lowest BCUT2D eigenvalue weighted by Crippen LogP contribution is -2.39. The summed E-state index contributed by atoms with van der Waals surface area (Å²) in [6.07, 6.45) is -2.68. The molecule has 0 amide bonds. The third-order valence-electron chi connectivity index (χ3n) is 4.45. The van der Waals surface area contributed by atoms with E-state index in [1.807, 2.05) is 30.3 Å². The Bertz CT molecular complexity index is 1090. The molecule has 1 fully saturated rings. The summed E-state index contributed by atoms with van der Waals surface area (Å²) in [7, 11) is -3.67. The normalized spacial score (nSPS) is 23.3. The molecule has 2 aromatic rings. The molecular formula is C19H26N4O9S. The quantitative estimate of drug-likeness (QED) is 0.222. The molecule has 182 valence electrons. The molecule has 33 heavy (non-hydrogen) atoms. The van der Waals surface area contributed by atoms with Crippen molar-refractivity contribution in [2.45, 2.75) is 37.0 Å². The van der Waals surface area contributed by atoms with Gasteiger partial charge in [0.25, 0.3) is 10.1 Å². The summed E-state index contributed by atoms with van der Waals surface area (Å²) in [5.74, 6) is -0.643. The number of ether oxygens (including phenoxy) is 2. The summed E-state index contributed by atoms with van der Waals surface area (Å²) in [6.45, 7) is -0.326. The summed E-state index contributed by atoms with van der Waals surface area (Å²) in [6, 6.07) is 9.70. The summed E-state index contributed by atoms with van der Waals surface area (Å²) < 4.78 is 37.5. The van der Waals surface area contributed by atoms with E-state index >= 15 is 0 Å². The number of esters is 1. The number of aromatic nitrogens is 2. The Hall–Kier alpha value is -2.88. The second-order valence-electron chi connectivity index (χ2n) is 7.25. The molecule has 1 aromatic heterocycles. The largest absolute Gasteiger partial charge is 0.462 e. The van der Waals surface area contributed by atoms with Crippen molar-refractivity contribution >= 4 is 21.9 Å². The van der Waals surface area contributed by atoms with Crippen molar-refractivity contribution in [1.29, 1.82) is 0 Å². The van der Waals surface area contributed by atoms with Crippen molar-refractivity contribution in [3.63, 3.8) is 0 Å². The van der Waals surface area contributed by atoms with Gasteiger partial charge in [0.1, 0.15) is 36.8 Å². The van der Waals surface area contributed by atoms with Crippen LogP contribution in [0.25, 0.3) is 0 Å². The van der Waals surface area contributed by atoms with Crippen LogP contribution < -0.4 is 17.2 Å². The van der Waals surface area contributed by atoms with Crippen molar-refractivity contribution in [2.75, 3.05) is 18.6 Å². The first kappa shape index (κ1) is 26.4. The number of nitrogen functional groups attached to an aromatic ring is 1. The van der Waals surface area contributed by atoms with Gasteiger partial charge in [-0.3, -0.25) is 13.9 Å². The van der Waals surface area contributed by atoms with E-state index in [1.54, 1.807) is 0 Å². The average Bonchev–Trinajstić information content (AvgIpc) is 3.00. The van der Waals surface area contributed by atoms with Crippen LogP contribution in [0, 0.1) is 0 Å². The number of hydrogen-bond acceptors (Lipinski definition) is 11. The Morgan fingerprint density at radius 3 is 2.42 bits per heavy atom. The molecule has 1 aliphatic heterocycles. The number of rotatable bonds is 6. The number of carbonyl (C=O) groups excluding carboxylic acids is 1. The van der Waals surface area contributed by atoms with Gasteiger partial charge < -0.3 is 31.2 Å². The Labute approximate surface area is 189 Å². The summed E-state index contributed by atoms with van der Waals surface area (Å²) >= 11 is 0. The zero-order chi connectivity index (χ0) is 24.8. The third kappa shape index (κ3) is 8.20. The fraction of sp³-hybridized carbons (Fsp3) is 0.421. The Kier molecular flexibility index (Phi) is 9.04. The number of hydrogen-bond donors (Lipinski definition) is 5. The fourth-order valence-electron chi connectivity index (χ4n) is 2.94. The number of benzene rings is 1. The molecule has 13 nitrogen and oxygen atoms in total. The van der Waals surface area contributed by atoms with Crippen molar-refractivity contribution in [1.82, 2.24) is 9.55 Å². The monoisotopic (exact) mass is 486 g/mol. The molecule has 1 saturated heterocycles. The van der Waals surface area contributed by atoms with Crippen LogP contribution in [0.3, 0.4) is 0 Å². The molecule has 0 aliphatic carbocycles. The molecule has 0 radical (unpaired) electrons. The molecule has 1 aliphatic rings. The Balaban J connectivity index is 0.000000696. The minimum Gasteiger partial charge on any atom is -0.462 e. The van der Waals surface area contributed by atoms with E-state index in [-0.39, 0.29) is 12.4 Å². The highest BCUT2D eigenvalue weighted by atomic mass is 32.2. The van der Waals surface area contributed by atoms with Crippen LogP contribution >= 0.6 is 0 Å². The van der Waals surface area contributed by atoms with Crippen LogP contribution in [0.2, 0.25) is 0 Å². The van der Waals surface area contributed by atoms with Gasteiger partial charge >= 0.3 is 11.7 Å². The highest BCUT2D eigenvalue weighted by molar-refractivity contribution is 7.85. The lowest BCUT2D eigenvalue weighted by Gasteiger charge is -2.17.